The van der Waals surface area contributed by atoms with Crippen molar-refractivity contribution >= 4 is 23.2 Å². The maximum Gasteiger partial charge on any atom is 0.357 e. The zero-order valence-electron chi connectivity index (χ0n) is 15.2. The number of nitrogens with zero attached hydrogens (tertiary/aromatic N) is 2. The molecule has 0 N–H and O–H groups in total. The van der Waals surface area contributed by atoms with Crippen LogP contribution in [0.15, 0.2) is 5.38 Å². The first kappa shape index (κ1) is 20.6. The molecule has 0 saturated heterocycles. The fourth-order valence-corrected chi connectivity index (χ4v) is 3.30. The molecule has 0 radical (unpaired) electrons. The van der Waals surface area contributed by atoms with Crippen LogP contribution < -0.4 is 0 Å². The number of unbranched alkanes of at least 4 members (excludes halogenated alkanes) is 5. The SMILES string of the molecule is CCCCCCCCC(=O)N(CCC)Cc1nc(C(=O)OC)cs1. The van der Waals surface area contributed by atoms with Crippen molar-refractivity contribution in [2.24, 2.45) is 0 Å². The number of hydrogen-bond donors (Lipinski definition) is 0. The lowest BCUT2D eigenvalue weighted by Crippen LogP contribution is -2.31. The second-order valence-electron chi connectivity index (χ2n) is 5.95. The lowest BCUT2D eigenvalue weighted by Gasteiger charge is -2.21. The number of methoxy groups -OCH3 is 1. The second-order valence-corrected chi connectivity index (χ2v) is 6.89. The van der Waals surface area contributed by atoms with Crippen LogP contribution in [0, 0.1) is 0 Å². The number of ether oxygens (including phenoxy) is 1. The molecule has 136 valence electrons. The van der Waals surface area contributed by atoms with E-state index in [1.807, 2.05) is 4.90 Å². The monoisotopic (exact) mass is 354 g/mol. The van der Waals surface area contributed by atoms with Gasteiger partial charge in [-0.25, -0.2) is 9.78 Å². The summed E-state index contributed by atoms with van der Waals surface area (Å²) in [6, 6.07) is 0. The van der Waals surface area contributed by atoms with Gasteiger partial charge in [-0.1, -0.05) is 46.0 Å². The van der Waals surface area contributed by atoms with Gasteiger partial charge in [0, 0.05) is 18.3 Å². The molecule has 0 saturated carbocycles. The molecule has 0 aromatic carbocycles. The van der Waals surface area contributed by atoms with Gasteiger partial charge in [-0.05, 0) is 12.8 Å². The van der Waals surface area contributed by atoms with E-state index < -0.39 is 5.97 Å². The third-order valence-corrected chi connectivity index (χ3v) is 4.70. The Morgan fingerprint density at radius 2 is 1.83 bits per heavy atom. The number of carbonyl (C=O) groups is 2. The largest absolute Gasteiger partial charge is 0.464 e. The molecule has 0 atom stereocenters. The average molecular weight is 355 g/mol. The van der Waals surface area contributed by atoms with Crippen molar-refractivity contribution in [2.45, 2.75) is 71.8 Å². The molecule has 0 spiro atoms. The van der Waals surface area contributed by atoms with Crippen molar-refractivity contribution in [1.82, 2.24) is 9.88 Å². The Hall–Kier alpha value is -1.43. The summed E-state index contributed by atoms with van der Waals surface area (Å²) in [6.45, 7) is 5.47. The molecule has 24 heavy (non-hydrogen) atoms. The third kappa shape index (κ3) is 7.43. The number of amides is 1. The fraction of sp³-hybridized carbons (Fsp3) is 0.722. The van der Waals surface area contributed by atoms with Gasteiger partial charge in [0.15, 0.2) is 5.69 Å². The summed E-state index contributed by atoms with van der Waals surface area (Å²) >= 11 is 1.40. The molecule has 0 aliphatic rings. The van der Waals surface area contributed by atoms with Gasteiger partial charge in [0.05, 0.1) is 13.7 Å². The van der Waals surface area contributed by atoms with E-state index in [0.717, 1.165) is 30.8 Å². The molecule has 0 fully saturated rings. The molecular weight excluding hydrogens is 324 g/mol. The van der Waals surface area contributed by atoms with Gasteiger partial charge >= 0.3 is 5.97 Å². The van der Waals surface area contributed by atoms with Crippen molar-refractivity contribution in [3.05, 3.63) is 16.1 Å². The molecule has 6 heteroatoms. The smallest absolute Gasteiger partial charge is 0.357 e. The van der Waals surface area contributed by atoms with E-state index >= 15 is 0 Å². The highest BCUT2D eigenvalue weighted by Gasteiger charge is 2.16. The van der Waals surface area contributed by atoms with E-state index in [1.54, 1.807) is 5.38 Å². The number of esters is 1. The normalized spacial score (nSPS) is 10.6. The van der Waals surface area contributed by atoms with Crippen LogP contribution in [0.5, 0.6) is 0 Å². The van der Waals surface area contributed by atoms with Gasteiger partial charge in [0.25, 0.3) is 0 Å². The summed E-state index contributed by atoms with van der Waals surface area (Å²) in [7, 11) is 1.34. The third-order valence-electron chi connectivity index (χ3n) is 3.86. The summed E-state index contributed by atoms with van der Waals surface area (Å²) in [5.41, 5.74) is 0.317. The highest BCUT2D eigenvalue weighted by Crippen LogP contribution is 2.15. The number of thiazole rings is 1. The van der Waals surface area contributed by atoms with Gasteiger partial charge in [-0.2, -0.15) is 0 Å². The van der Waals surface area contributed by atoms with Gasteiger partial charge in [-0.15, -0.1) is 11.3 Å². The van der Waals surface area contributed by atoms with Gasteiger partial charge in [0.1, 0.15) is 5.01 Å². The molecule has 1 amide bonds. The van der Waals surface area contributed by atoms with Crippen molar-refractivity contribution < 1.29 is 14.3 Å². The maximum atomic E-state index is 12.4. The van der Waals surface area contributed by atoms with Crippen LogP contribution in [0.25, 0.3) is 0 Å². The average Bonchev–Trinajstić information content (AvgIpc) is 3.05. The minimum absolute atomic E-state index is 0.183. The molecule has 5 nitrogen and oxygen atoms in total. The van der Waals surface area contributed by atoms with Crippen molar-refractivity contribution in [2.75, 3.05) is 13.7 Å². The molecule has 1 aromatic heterocycles. The Balaban J connectivity index is 2.45. The highest BCUT2D eigenvalue weighted by molar-refractivity contribution is 7.09. The van der Waals surface area contributed by atoms with E-state index in [1.165, 1.54) is 44.1 Å². The quantitative estimate of drug-likeness (QED) is 0.412. The Labute approximate surface area is 149 Å². The summed E-state index contributed by atoms with van der Waals surface area (Å²) in [5.74, 6) is -0.250. The van der Waals surface area contributed by atoms with Crippen LogP contribution in [0.3, 0.4) is 0 Å². The summed E-state index contributed by atoms with van der Waals surface area (Å²) in [4.78, 5) is 30.0. The van der Waals surface area contributed by atoms with Gasteiger partial charge in [0.2, 0.25) is 5.91 Å². The predicted molar refractivity (Wildman–Crippen MR) is 97.2 cm³/mol. The Kier molecular flexibility index (Phi) is 10.3. The zero-order chi connectivity index (χ0) is 17.8. The Bertz CT molecular complexity index is 502. The molecular formula is C18H30N2O3S. The Morgan fingerprint density at radius 1 is 1.12 bits per heavy atom. The molecule has 0 bridgehead atoms. The van der Waals surface area contributed by atoms with Crippen molar-refractivity contribution in [3.8, 4) is 0 Å². The van der Waals surface area contributed by atoms with Crippen LogP contribution in [0.4, 0.5) is 0 Å². The van der Waals surface area contributed by atoms with E-state index in [4.69, 9.17) is 0 Å². The minimum Gasteiger partial charge on any atom is -0.464 e. The highest BCUT2D eigenvalue weighted by atomic mass is 32.1. The number of hydrogen-bond acceptors (Lipinski definition) is 5. The molecule has 0 aliphatic heterocycles. The molecule has 1 rings (SSSR count). The van der Waals surface area contributed by atoms with Crippen LogP contribution >= 0.6 is 11.3 Å². The number of aromatic nitrogens is 1. The fourth-order valence-electron chi connectivity index (χ4n) is 2.52. The summed E-state index contributed by atoms with van der Waals surface area (Å²) in [5, 5.41) is 2.46. The lowest BCUT2D eigenvalue weighted by atomic mass is 10.1. The first-order valence-corrected chi connectivity index (χ1v) is 9.80. The molecule has 0 aliphatic carbocycles. The first-order valence-electron chi connectivity index (χ1n) is 8.92. The van der Waals surface area contributed by atoms with Gasteiger partial charge < -0.3 is 9.64 Å². The zero-order valence-corrected chi connectivity index (χ0v) is 16.0. The van der Waals surface area contributed by atoms with Crippen molar-refractivity contribution in [1.29, 1.82) is 0 Å². The molecule has 1 heterocycles. The minimum atomic E-state index is -0.432. The number of carbonyl (C=O) groups excluding carboxylic acids is 2. The van der Waals surface area contributed by atoms with E-state index in [0.29, 0.717) is 18.7 Å². The van der Waals surface area contributed by atoms with Crippen molar-refractivity contribution in [3.63, 3.8) is 0 Å². The predicted octanol–water partition coefficient (Wildman–Crippen LogP) is 4.42. The van der Waals surface area contributed by atoms with Crippen LogP contribution in [0.1, 0.15) is 80.7 Å². The standard InChI is InChI=1S/C18H30N2O3S/c1-4-6-7-8-9-10-11-17(21)20(12-5-2)13-16-19-15(14-24-16)18(22)23-3/h14H,4-13H2,1-3H3. The molecule has 1 aromatic rings. The number of rotatable bonds is 12. The van der Waals surface area contributed by atoms with Crippen LogP contribution in [0.2, 0.25) is 0 Å². The van der Waals surface area contributed by atoms with Crippen LogP contribution in [-0.4, -0.2) is 35.4 Å². The lowest BCUT2D eigenvalue weighted by molar-refractivity contribution is -0.132. The second kappa shape index (κ2) is 12.0. The topological polar surface area (TPSA) is 59.5 Å². The van der Waals surface area contributed by atoms with E-state index in [2.05, 4.69) is 23.6 Å². The Morgan fingerprint density at radius 3 is 2.50 bits per heavy atom. The van der Waals surface area contributed by atoms with E-state index in [9.17, 15) is 9.59 Å². The van der Waals surface area contributed by atoms with E-state index in [-0.39, 0.29) is 5.91 Å². The molecule has 0 unspecified atom stereocenters. The maximum absolute atomic E-state index is 12.4. The summed E-state index contributed by atoms with van der Waals surface area (Å²) in [6.07, 6.45) is 8.58. The van der Waals surface area contributed by atoms with Gasteiger partial charge in [-0.3, -0.25) is 4.79 Å². The van der Waals surface area contributed by atoms with Crippen LogP contribution in [-0.2, 0) is 16.1 Å². The summed E-state index contributed by atoms with van der Waals surface area (Å²) < 4.78 is 4.67. The first-order chi connectivity index (χ1) is 11.6.